The maximum absolute atomic E-state index is 5.65. The van der Waals surface area contributed by atoms with E-state index in [9.17, 15) is 0 Å². The fraction of sp³-hybridized carbons (Fsp3) is 1.00. The van der Waals surface area contributed by atoms with Crippen LogP contribution in [0.3, 0.4) is 0 Å². The smallest absolute Gasteiger partial charge is 0.0112 e. The summed E-state index contributed by atoms with van der Waals surface area (Å²) < 4.78 is 0. The van der Waals surface area contributed by atoms with E-state index in [2.05, 4.69) is 21.7 Å². The van der Waals surface area contributed by atoms with E-state index in [0.717, 1.165) is 19.0 Å². The van der Waals surface area contributed by atoms with Crippen LogP contribution in [0.1, 0.15) is 25.7 Å². The quantitative estimate of drug-likeness (QED) is 0.715. The first-order valence-corrected chi connectivity index (χ1v) is 7.64. The highest BCUT2D eigenvalue weighted by atomic mass is 15.3. The lowest BCUT2D eigenvalue weighted by atomic mass is 9.91. The number of likely N-dealkylation sites (N-methyl/N-ethyl adjacent to an activating group) is 1. The predicted molar refractivity (Wildman–Crippen MR) is 76.8 cm³/mol. The van der Waals surface area contributed by atoms with Gasteiger partial charge in [0.05, 0.1) is 0 Å². The predicted octanol–water partition coefficient (Wildman–Crippen LogP) is 0.437. The van der Waals surface area contributed by atoms with Crippen LogP contribution in [0.25, 0.3) is 0 Å². The van der Waals surface area contributed by atoms with E-state index < -0.39 is 0 Å². The molecule has 106 valence electrons. The second-order valence-electron chi connectivity index (χ2n) is 5.91. The van der Waals surface area contributed by atoms with Gasteiger partial charge in [-0.2, -0.15) is 0 Å². The summed E-state index contributed by atoms with van der Waals surface area (Å²) in [5.74, 6) is 0. The molecule has 0 atom stereocenters. The molecule has 1 heterocycles. The molecule has 2 rings (SSSR count). The fourth-order valence-electron chi connectivity index (χ4n) is 2.86. The van der Waals surface area contributed by atoms with Crippen molar-refractivity contribution in [3.05, 3.63) is 0 Å². The number of rotatable bonds is 7. The van der Waals surface area contributed by atoms with Gasteiger partial charge in [0, 0.05) is 45.3 Å². The number of hydrogen-bond donors (Lipinski definition) is 1. The third-order valence-corrected chi connectivity index (χ3v) is 4.54. The Morgan fingerprint density at radius 2 is 1.83 bits per heavy atom. The molecule has 2 aliphatic rings. The summed E-state index contributed by atoms with van der Waals surface area (Å²) >= 11 is 0. The lowest BCUT2D eigenvalue weighted by Gasteiger charge is -2.40. The molecule has 1 aliphatic heterocycles. The lowest BCUT2D eigenvalue weighted by Crippen LogP contribution is -2.49. The topological polar surface area (TPSA) is 35.7 Å². The average Bonchev–Trinajstić information content (AvgIpc) is 2.32. The minimum atomic E-state index is 0.831. The molecule has 4 heteroatoms. The van der Waals surface area contributed by atoms with Gasteiger partial charge in [-0.1, -0.05) is 6.42 Å². The molecule has 0 aromatic rings. The van der Waals surface area contributed by atoms with E-state index in [0.29, 0.717) is 0 Å². The summed E-state index contributed by atoms with van der Waals surface area (Å²) in [5.41, 5.74) is 5.65. The normalized spacial score (nSPS) is 23.5. The van der Waals surface area contributed by atoms with E-state index in [4.69, 9.17) is 5.73 Å². The van der Waals surface area contributed by atoms with Crippen LogP contribution in [-0.2, 0) is 0 Å². The van der Waals surface area contributed by atoms with Gasteiger partial charge in [0.25, 0.3) is 0 Å². The number of hydrogen-bond acceptors (Lipinski definition) is 4. The van der Waals surface area contributed by atoms with E-state index in [-0.39, 0.29) is 0 Å². The average molecular weight is 254 g/mol. The first-order valence-electron chi connectivity index (χ1n) is 7.64. The van der Waals surface area contributed by atoms with Crippen LogP contribution in [0.5, 0.6) is 0 Å². The molecule has 0 aromatic carbocycles. The van der Waals surface area contributed by atoms with Gasteiger partial charge in [-0.05, 0) is 39.4 Å². The van der Waals surface area contributed by atoms with Gasteiger partial charge in [-0.3, -0.25) is 9.80 Å². The Hall–Kier alpha value is -0.160. The van der Waals surface area contributed by atoms with Crippen molar-refractivity contribution in [1.82, 2.24) is 14.7 Å². The zero-order valence-electron chi connectivity index (χ0n) is 12.0. The maximum atomic E-state index is 5.65. The molecule has 4 nitrogen and oxygen atoms in total. The molecule has 1 aliphatic carbocycles. The first kappa shape index (κ1) is 14.3. The summed E-state index contributed by atoms with van der Waals surface area (Å²) in [6, 6.07) is 0.865. The molecule has 0 spiro atoms. The van der Waals surface area contributed by atoms with Crippen molar-refractivity contribution in [3.63, 3.8) is 0 Å². The van der Waals surface area contributed by atoms with Crippen molar-refractivity contribution in [1.29, 1.82) is 0 Å². The number of nitrogens with zero attached hydrogens (tertiary/aromatic N) is 3. The van der Waals surface area contributed by atoms with Gasteiger partial charge in [0.15, 0.2) is 0 Å². The number of piperazine rings is 1. The summed E-state index contributed by atoms with van der Waals surface area (Å²) in [5, 5.41) is 0. The van der Waals surface area contributed by atoms with Crippen molar-refractivity contribution >= 4 is 0 Å². The third-order valence-electron chi connectivity index (χ3n) is 4.54. The molecular weight excluding hydrogens is 224 g/mol. The monoisotopic (exact) mass is 254 g/mol. The van der Waals surface area contributed by atoms with Gasteiger partial charge in [-0.15, -0.1) is 0 Å². The highest BCUT2D eigenvalue weighted by Gasteiger charge is 2.25. The second kappa shape index (κ2) is 7.43. The van der Waals surface area contributed by atoms with Crippen molar-refractivity contribution in [2.24, 2.45) is 5.73 Å². The minimum absolute atomic E-state index is 0.831. The van der Waals surface area contributed by atoms with Gasteiger partial charge in [0.1, 0.15) is 0 Å². The van der Waals surface area contributed by atoms with Crippen molar-refractivity contribution in [2.75, 3.05) is 59.4 Å². The van der Waals surface area contributed by atoms with Crippen LogP contribution in [0.4, 0.5) is 0 Å². The molecule has 0 unspecified atom stereocenters. The molecule has 0 bridgehead atoms. The number of nitrogens with two attached hydrogens (primary N) is 1. The molecule has 2 fully saturated rings. The van der Waals surface area contributed by atoms with Crippen LogP contribution in [0.15, 0.2) is 0 Å². The van der Waals surface area contributed by atoms with Gasteiger partial charge >= 0.3 is 0 Å². The summed E-state index contributed by atoms with van der Waals surface area (Å²) in [6.45, 7) is 9.46. The van der Waals surface area contributed by atoms with E-state index in [1.54, 1.807) is 0 Å². The molecule has 18 heavy (non-hydrogen) atoms. The highest BCUT2D eigenvalue weighted by molar-refractivity contribution is 4.81. The van der Waals surface area contributed by atoms with Crippen LogP contribution < -0.4 is 5.73 Å². The van der Waals surface area contributed by atoms with E-state index in [1.165, 1.54) is 65.1 Å². The zero-order valence-corrected chi connectivity index (χ0v) is 12.0. The van der Waals surface area contributed by atoms with Crippen molar-refractivity contribution in [3.8, 4) is 0 Å². The van der Waals surface area contributed by atoms with E-state index >= 15 is 0 Å². The largest absolute Gasteiger partial charge is 0.330 e. The standard InChI is InChI=1S/C14H30N4/c1-16-8-10-17(11-9-16)12-13-18(7-3-6-15)14-4-2-5-14/h14H,2-13,15H2,1H3. The van der Waals surface area contributed by atoms with Crippen LogP contribution in [0.2, 0.25) is 0 Å². The SMILES string of the molecule is CN1CCN(CCN(CCCN)C2CCC2)CC1. The first-order chi connectivity index (χ1) is 8.79. The summed E-state index contributed by atoms with van der Waals surface area (Å²) in [6.07, 6.45) is 5.40. The molecule has 1 saturated heterocycles. The van der Waals surface area contributed by atoms with Crippen LogP contribution in [-0.4, -0.2) is 80.1 Å². The van der Waals surface area contributed by atoms with E-state index in [1.807, 2.05) is 0 Å². The zero-order chi connectivity index (χ0) is 12.8. The van der Waals surface area contributed by atoms with Gasteiger partial charge in [-0.25, -0.2) is 0 Å². The molecule has 2 N–H and O–H groups in total. The Labute approximate surface area is 112 Å². The minimum Gasteiger partial charge on any atom is -0.330 e. The molecule has 0 aromatic heterocycles. The Morgan fingerprint density at radius 1 is 1.11 bits per heavy atom. The lowest BCUT2D eigenvalue weighted by molar-refractivity contribution is 0.0913. The second-order valence-corrected chi connectivity index (χ2v) is 5.91. The Bertz CT molecular complexity index is 222. The highest BCUT2D eigenvalue weighted by Crippen LogP contribution is 2.24. The maximum Gasteiger partial charge on any atom is 0.0112 e. The Balaban J connectivity index is 1.67. The molecular formula is C14H30N4. The summed E-state index contributed by atoms with van der Waals surface area (Å²) in [4.78, 5) is 7.73. The van der Waals surface area contributed by atoms with Gasteiger partial charge in [0.2, 0.25) is 0 Å². The van der Waals surface area contributed by atoms with Gasteiger partial charge < -0.3 is 10.6 Å². The Morgan fingerprint density at radius 3 is 2.39 bits per heavy atom. The van der Waals surface area contributed by atoms with Crippen LogP contribution in [0, 0.1) is 0 Å². The van der Waals surface area contributed by atoms with Crippen molar-refractivity contribution in [2.45, 2.75) is 31.7 Å². The van der Waals surface area contributed by atoms with Crippen molar-refractivity contribution < 1.29 is 0 Å². The fourth-order valence-corrected chi connectivity index (χ4v) is 2.86. The molecule has 0 radical (unpaired) electrons. The van der Waals surface area contributed by atoms with Crippen LogP contribution >= 0.6 is 0 Å². The molecule has 1 saturated carbocycles. The summed E-state index contributed by atoms with van der Waals surface area (Å²) in [7, 11) is 2.22. The molecule has 0 amide bonds. The third kappa shape index (κ3) is 4.19. The Kier molecular flexibility index (Phi) is 5.89.